The fraction of sp³-hybridized carbons (Fsp3) is 0.667. The van der Waals surface area contributed by atoms with E-state index in [0.29, 0.717) is 6.54 Å². The van der Waals surface area contributed by atoms with Gasteiger partial charge in [-0.05, 0) is 20.3 Å². The Kier molecular flexibility index (Phi) is 7.02. The third-order valence-corrected chi connectivity index (χ3v) is 7.05. The highest BCUT2D eigenvalue weighted by atomic mass is 35.5. The molecule has 3 rings (SSSR count). The van der Waals surface area contributed by atoms with Crippen molar-refractivity contribution in [2.24, 2.45) is 17.6 Å². The first-order chi connectivity index (χ1) is 12.3. The first-order valence-electron chi connectivity index (χ1n) is 9.02. The summed E-state index contributed by atoms with van der Waals surface area (Å²) in [7, 11) is 0. The number of carboxylic acids is 1. The van der Waals surface area contributed by atoms with Crippen LogP contribution in [0, 0.1) is 11.8 Å². The molecule has 3 aliphatic rings. The zero-order valence-electron chi connectivity index (χ0n) is 15.7. The van der Waals surface area contributed by atoms with Crippen molar-refractivity contribution in [1.29, 1.82) is 0 Å². The van der Waals surface area contributed by atoms with Gasteiger partial charge in [-0.3, -0.25) is 4.79 Å². The fourth-order valence-electron chi connectivity index (χ4n) is 4.22. The highest BCUT2D eigenvalue weighted by Gasteiger charge is 2.60. The van der Waals surface area contributed by atoms with E-state index >= 15 is 0 Å². The highest BCUT2D eigenvalue weighted by molar-refractivity contribution is 8.03. The summed E-state index contributed by atoms with van der Waals surface area (Å²) in [6.07, 6.45) is 2.25. The van der Waals surface area contributed by atoms with Crippen LogP contribution in [-0.2, 0) is 9.59 Å². The molecule has 2 fully saturated rings. The Morgan fingerprint density at radius 1 is 1.52 bits per heavy atom. The minimum atomic E-state index is -1.07. The number of carbonyl (C=O) groups is 2. The molecule has 152 valence electrons. The van der Waals surface area contributed by atoms with E-state index in [0.717, 1.165) is 23.4 Å². The molecule has 6 atom stereocenters. The lowest BCUT2D eigenvalue weighted by atomic mass is 9.79. The van der Waals surface area contributed by atoms with E-state index in [2.05, 4.69) is 11.4 Å². The summed E-state index contributed by atoms with van der Waals surface area (Å²) >= 11 is 1.56. The van der Waals surface area contributed by atoms with Crippen LogP contribution >= 0.6 is 24.2 Å². The number of β-lactam (4-membered cyclic amide) rings is 1. The molecule has 0 bridgehead atoms. The van der Waals surface area contributed by atoms with Crippen LogP contribution in [0.3, 0.4) is 0 Å². The number of halogens is 1. The normalized spacial score (nSPS) is 34.3. The van der Waals surface area contributed by atoms with Crippen LogP contribution in [0.15, 0.2) is 22.3 Å². The number of amides is 1. The standard InChI is InChI=1S/C18H27N3O4S.ClH/c1-8(6-19)4-11-5-12(7-20-11)26-16-9(2)14-13(10(3)22)17(23)21(14)15(16)18(24)25;/h4,9-14,20,22H,5-7,19H2,1-3H3,(H,24,25);1H/b8-4+;/t9-,10-,11-,12+,13-,14-;/m1./s1. The summed E-state index contributed by atoms with van der Waals surface area (Å²) in [5.74, 6) is -1.94. The van der Waals surface area contributed by atoms with Gasteiger partial charge in [0.15, 0.2) is 0 Å². The van der Waals surface area contributed by atoms with Gasteiger partial charge in [0.05, 0.1) is 18.1 Å². The van der Waals surface area contributed by atoms with E-state index in [-0.39, 0.29) is 47.3 Å². The Morgan fingerprint density at radius 2 is 2.19 bits per heavy atom. The van der Waals surface area contributed by atoms with E-state index in [1.54, 1.807) is 18.7 Å². The second kappa shape index (κ2) is 8.53. The Labute approximate surface area is 169 Å². The van der Waals surface area contributed by atoms with Crippen molar-refractivity contribution in [3.63, 3.8) is 0 Å². The Hall–Kier alpha value is -1.06. The van der Waals surface area contributed by atoms with Crippen LogP contribution in [0.4, 0.5) is 0 Å². The molecule has 2 saturated heterocycles. The molecule has 5 N–H and O–H groups in total. The molecule has 0 aromatic heterocycles. The average Bonchev–Trinajstić information content (AvgIpc) is 3.09. The van der Waals surface area contributed by atoms with Gasteiger partial charge in [-0.15, -0.1) is 24.2 Å². The second-order valence-corrected chi connectivity index (χ2v) is 8.82. The van der Waals surface area contributed by atoms with Gasteiger partial charge < -0.3 is 26.2 Å². The quantitative estimate of drug-likeness (QED) is 0.375. The Balaban J connectivity index is 0.00000261. The number of fused-ring (bicyclic) bond motifs is 1. The van der Waals surface area contributed by atoms with Crippen molar-refractivity contribution in [3.8, 4) is 0 Å². The molecular weight excluding hydrogens is 390 g/mol. The van der Waals surface area contributed by atoms with Crippen LogP contribution in [-0.4, -0.2) is 63.5 Å². The highest BCUT2D eigenvalue weighted by Crippen LogP contribution is 2.51. The lowest BCUT2D eigenvalue weighted by Crippen LogP contribution is -2.63. The number of nitrogens with zero attached hydrogens (tertiary/aromatic N) is 1. The summed E-state index contributed by atoms with van der Waals surface area (Å²) in [6, 6.07) is -0.00820. The van der Waals surface area contributed by atoms with Crippen LogP contribution < -0.4 is 11.1 Å². The number of thioether (sulfide) groups is 1. The van der Waals surface area contributed by atoms with Crippen molar-refractivity contribution in [2.75, 3.05) is 13.1 Å². The number of hydrogen-bond acceptors (Lipinski definition) is 6. The molecular formula is C18H28ClN3O4S. The molecule has 0 spiro atoms. The lowest BCUT2D eigenvalue weighted by molar-refractivity contribution is -0.163. The second-order valence-electron chi connectivity index (χ2n) is 7.48. The molecule has 0 saturated carbocycles. The Bertz CT molecular complexity index is 682. The maximum absolute atomic E-state index is 12.4. The molecule has 0 unspecified atom stereocenters. The predicted molar refractivity (Wildman–Crippen MR) is 107 cm³/mol. The Morgan fingerprint density at radius 3 is 2.74 bits per heavy atom. The van der Waals surface area contributed by atoms with Crippen LogP contribution in [0.25, 0.3) is 0 Å². The first-order valence-corrected chi connectivity index (χ1v) is 9.90. The molecule has 3 aliphatic heterocycles. The number of rotatable bonds is 6. The van der Waals surface area contributed by atoms with E-state index < -0.39 is 18.0 Å². The molecule has 7 nitrogen and oxygen atoms in total. The summed E-state index contributed by atoms with van der Waals surface area (Å²) in [6.45, 7) is 6.86. The largest absolute Gasteiger partial charge is 0.477 e. The molecule has 0 aromatic rings. The average molecular weight is 418 g/mol. The minimum absolute atomic E-state index is 0. The van der Waals surface area contributed by atoms with E-state index in [1.165, 1.54) is 4.90 Å². The number of aliphatic hydroxyl groups excluding tert-OH is 1. The summed E-state index contributed by atoms with van der Waals surface area (Å²) in [4.78, 5) is 26.3. The lowest BCUT2D eigenvalue weighted by Gasteiger charge is -2.46. The minimum Gasteiger partial charge on any atom is -0.477 e. The van der Waals surface area contributed by atoms with E-state index in [4.69, 9.17) is 5.73 Å². The third kappa shape index (κ3) is 3.91. The number of nitrogens with one attached hydrogen (secondary N) is 1. The van der Waals surface area contributed by atoms with Gasteiger partial charge in [0.1, 0.15) is 5.70 Å². The van der Waals surface area contributed by atoms with Crippen LogP contribution in [0.2, 0.25) is 0 Å². The smallest absolute Gasteiger partial charge is 0.353 e. The molecule has 3 heterocycles. The van der Waals surface area contributed by atoms with Crippen molar-refractivity contribution in [3.05, 3.63) is 22.3 Å². The maximum Gasteiger partial charge on any atom is 0.353 e. The van der Waals surface area contributed by atoms with Gasteiger partial charge in [0.2, 0.25) is 5.91 Å². The SMILES string of the molecule is C/C(=C\[C@@H]1C[C@H](SC2=C(C(=O)O)N3C(=O)[C@H]([C@@H](C)O)[C@H]3[C@H]2C)CN1)CN.Cl. The van der Waals surface area contributed by atoms with Gasteiger partial charge >= 0.3 is 5.97 Å². The number of nitrogens with two attached hydrogens (primary N) is 1. The van der Waals surface area contributed by atoms with Crippen molar-refractivity contribution in [1.82, 2.24) is 10.2 Å². The van der Waals surface area contributed by atoms with Gasteiger partial charge in [-0.1, -0.05) is 18.6 Å². The number of aliphatic hydroxyl groups is 1. The fourth-order valence-corrected chi connectivity index (χ4v) is 5.71. The molecule has 1 amide bonds. The number of aliphatic carboxylic acids is 1. The number of carboxylic acid groups (broad SMARTS) is 1. The topological polar surface area (TPSA) is 116 Å². The van der Waals surface area contributed by atoms with Gasteiger partial charge in [-0.25, -0.2) is 4.79 Å². The van der Waals surface area contributed by atoms with Gasteiger partial charge in [-0.2, -0.15) is 0 Å². The number of hydrogen-bond donors (Lipinski definition) is 4. The number of carbonyl (C=O) groups excluding carboxylic acids is 1. The summed E-state index contributed by atoms with van der Waals surface area (Å²) in [5, 5.41) is 23.3. The van der Waals surface area contributed by atoms with Gasteiger partial charge in [0, 0.05) is 35.2 Å². The van der Waals surface area contributed by atoms with Crippen molar-refractivity contribution < 1.29 is 19.8 Å². The van der Waals surface area contributed by atoms with Crippen molar-refractivity contribution >= 4 is 36.0 Å². The maximum atomic E-state index is 12.4. The van der Waals surface area contributed by atoms with Crippen LogP contribution in [0.1, 0.15) is 27.2 Å². The molecule has 27 heavy (non-hydrogen) atoms. The van der Waals surface area contributed by atoms with E-state index in [9.17, 15) is 19.8 Å². The summed E-state index contributed by atoms with van der Waals surface area (Å²) in [5.41, 5.74) is 6.87. The molecule has 0 aromatic carbocycles. The van der Waals surface area contributed by atoms with Crippen molar-refractivity contribution in [2.45, 2.75) is 50.6 Å². The predicted octanol–water partition coefficient (Wildman–Crippen LogP) is 0.931. The zero-order valence-corrected chi connectivity index (χ0v) is 17.3. The van der Waals surface area contributed by atoms with Crippen LogP contribution in [0.5, 0.6) is 0 Å². The molecule has 0 radical (unpaired) electrons. The first kappa shape index (κ1) is 22.2. The van der Waals surface area contributed by atoms with E-state index in [1.807, 2.05) is 13.8 Å². The zero-order chi connectivity index (χ0) is 19.2. The molecule has 0 aliphatic carbocycles. The van der Waals surface area contributed by atoms with Gasteiger partial charge in [0.25, 0.3) is 0 Å². The molecule has 9 heteroatoms. The third-order valence-electron chi connectivity index (χ3n) is 5.54. The summed E-state index contributed by atoms with van der Waals surface area (Å²) < 4.78 is 0. The monoisotopic (exact) mass is 417 g/mol.